The van der Waals surface area contributed by atoms with Crippen LogP contribution < -0.4 is 5.32 Å². The van der Waals surface area contributed by atoms with Gasteiger partial charge in [-0.1, -0.05) is 20.8 Å². The Hall–Kier alpha value is 0.140. The second-order valence-electron chi connectivity index (χ2n) is 5.16. The van der Waals surface area contributed by atoms with Gasteiger partial charge in [-0.05, 0) is 53.4 Å². The number of thiophene rings is 1. The molecule has 1 unspecified atom stereocenters. The predicted molar refractivity (Wildman–Crippen MR) is 72.6 cm³/mol. The first-order chi connectivity index (χ1) is 6.90. The highest BCUT2D eigenvalue weighted by Gasteiger charge is 2.18. The summed E-state index contributed by atoms with van der Waals surface area (Å²) >= 11 is 5.34. The van der Waals surface area contributed by atoms with Gasteiger partial charge in [-0.15, -0.1) is 11.3 Å². The van der Waals surface area contributed by atoms with Crippen LogP contribution in [0.2, 0.25) is 0 Å². The van der Waals surface area contributed by atoms with Gasteiger partial charge in [0, 0.05) is 10.9 Å². The van der Waals surface area contributed by atoms with E-state index in [0.717, 1.165) is 6.42 Å². The molecule has 15 heavy (non-hydrogen) atoms. The highest BCUT2D eigenvalue weighted by atomic mass is 79.9. The van der Waals surface area contributed by atoms with Crippen molar-refractivity contribution in [1.29, 1.82) is 0 Å². The van der Waals surface area contributed by atoms with Crippen LogP contribution in [0.25, 0.3) is 0 Å². The van der Waals surface area contributed by atoms with Crippen molar-refractivity contribution in [2.75, 3.05) is 7.05 Å². The molecule has 0 fully saturated rings. The average Bonchev–Trinajstić information content (AvgIpc) is 2.47. The van der Waals surface area contributed by atoms with E-state index in [1.807, 2.05) is 11.3 Å². The largest absolute Gasteiger partial charge is 0.317 e. The number of halogens is 1. The molecule has 1 heterocycles. The smallest absolute Gasteiger partial charge is 0.0701 e. The third-order valence-electron chi connectivity index (χ3n) is 2.34. The number of nitrogens with one attached hydrogen (secondary N) is 1. The minimum atomic E-state index is 0.391. The summed E-state index contributed by atoms with van der Waals surface area (Å²) in [5.41, 5.74) is 0.391. The van der Waals surface area contributed by atoms with E-state index in [4.69, 9.17) is 0 Å². The lowest BCUT2D eigenvalue weighted by Gasteiger charge is -2.25. The summed E-state index contributed by atoms with van der Waals surface area (Å²) in [5.74, 6) is 0. The molecule has 3 heteroatoms. The molecule has 1 N–H and O–H groups in total. The van der Waals surface area contributed by atoms with E-state index < -0.39 is 0 Å². The zero-order chi connectivity index (χ0) is 11.5. The fraction of sp³-hybridized carbons (Fsp3) is 0.667. The molecule has 0 saturated heterocycles. The predicted octanol–water partition coefficient (Wildman–Crippen LogP) is 4.08. The summed E-state index contributed by atoms with van der Waals surface area (Å²) in [6.45, 7) is 6.88. The van der Waals surface area contributed by atoms with Gasteiger partial charge in [0.1, 0.15) is 0 Å². The quantitative estimate of drug-likeness (QED) is 0.881. The van der Waals surface area contributed by atoms with Gasteiger partial charge in [-0.2, -0.15) is 0 Å². The molecule has 0 bridgehead atoms. The molecule has 0 radical (unpaired) electrons. The van der Waals surface area contributed by atoms with Crippen molar-refractivity contribution in [3.05, 3.63) is 20.8 Å². The van der Waals surface area contributed by atoms with Crippen LogP contribution in [0.3, 0.4) is 0 Å². The fourth-order valence-corrected chi connectivity index (χ4v) is 3.28. The molecule has 0 aliphatic rings. The van der Waals surface area contributed by atoms with E-state index in [1.165, 1.54) is 15.1 Å². The van der Waals surface area contributed by atoms with Gasteiger partial charge in [0.05, 0.1) is 3.79 Å². The summed E-state index contributed by atoms with van der Waals surface area (Å²) in [4.78, 5) is 1.45. The minimum absolute atomic E-state index is 0.391. The van der Waals surface area contributed by atoms with E-state index in [-0.39, 0.29) is 0 Å². The van der Waals surface area contributed by atoms with Gasteiger partial charge < -0.3 is 5.32 Å². The van der Waals surface area contributed by atoms with Crippen molar-refractivity contribution in [2.45, 2.75) is 39.7 Å². The summed E-state index contributed by atoms with van der Waals surface area (Å²) in [7, 11) is 2.05. The summed E-state index contributed by atoms with van der Waals surface area (Å²) < 4.78 is 1.23. The summed E-state index contributed by atoms with van der Waals surface area (Å²) in [6.07, 6.45) is 2.34. The van der Waals surface area contributed by atoms with Gasteiger partial charge in [-0.3, -0.25) is 0 Å². The van der Waals surface area contributed by atoms with Crippen LogP contribution in [0.4, 0.5) is 0 Å². The number of rotatable bonds is 4. The first-order valence-electron chi connectivity index (χ1n) is 5.32. The first-order valence-corrected chi connectivity index (χ1v) is 6.93. The molecule has 1 nitrogen and oxygen atoms in total. The molecule has 0 aromatic carbocycles. The van der Waals surface area contributed by atoms with E-state index in [2.05, 4.69) is 61.2 Å². The first kappa shape index (κ1) is 13.2. The molecule has 1 aromatic rings. The molecule has 0 spiro atoms. The highest BCUT2D eigenvalue weighted by molar-refractivity contribution is 9.11. The van der Waals surface area contributed by atoms with Crippen molar-refractivity contribution in [1.82, 2.24) is 5.32 Å². The molecule has 1 atom stereocenters. The Morgan fingerprint density at radius 3 is 2.47 bits per heavy atom. The van der Waals surface area contributed by atoms with E-state index >= 15 is 0 Å². The molecule has 0 amide bonds. The van der Waals surface area contributed by atoms with E-state index in [1.54, 1.807) is 0 Å². The standard InChI is InChI=1S/C12H20BrNS/c1-12(2,3)8-9(14-4)7-10-5-6-11(13)15-10/h5-6,9,14H,7-8H2,1-4H3. The molecule has 0 aliphatic heterocycles. The molecule has 1 aromatic heterocycles. The fourth-order valence-electron chi connectivity index (χ4n) is 1.72. The van der Waals surface area contributed by atoms with Crippen molar-refractivity contribution >= 4 is 27.3 Å². The normalized spacial score (nSPS) is 14.2. The molecule has 0 saturated carbocycles. The lowest BCUT2D eigenvalue weighted by molar-refractivity contribution is 0.316. The topological polar surface area (TPSA) is 12.0 Å². The van der Waals surface area contributed by atoms with E-state index in [9.17, 15) is 0 Å². The second kappa shape index (κ2) is 5.46. The van der Waals surface area contributed by atoms with Crippen molar-refractivity contribution in [3.8, 4) is 0 Å². The SMILES string of the molecule is CNC(Cc1ccc(Br)s1)CC(C)(C)C. The number of likely N-dealkylation sites (N-methyl/N-ethyl adjacent to an activating group) is 1. The van der Waals surface area contributed by atoms with Gasteiger partial charge in [0.2, 0.25) is 0 Å². The van der Waals surface area contributed by atoms with Crippen LogP contribution >= 0.6 is 27.3 Å². The van der Waals surface area contributed by atoms with Gasteiger partial charge >= 0.3 is 0 Å². The summed E-state index contributed by atoms with van der Waals surface area (Å²) in [5, 5.41) is 3.41. The van der Waals surface area contributed by atoms with Crippen LogP contribution in [0.15, 0.2) is 15.9 Å². The Morgan fingerprint density at radius 2 is 2.07 bits per heavy atom. The second-order valence-corrected chi connectivity index (χ2v) is 7.71. The van der Waals surface area contributed by atoms with Crippen LogP contribution in [0, 0.1) is 5.41 Å². The maximum absolute atomic E-state index is 3.50. The van der Waals surface area contributed by atoms with Gasteiger partial charge in [0.25, 0.3) is 0 Å². The Bertz CT molecular complexity index is 301. The maximum atomic E-state index is 3.50. The number of hydrogen-bond acceptors (Lipinski definition) is 2. The average molecular weight is 290 g/mol. The van der Waals surface area contributed by atoms with Crippen LogP contribution in [0.1, 0.15) is 32.1 Å². The zero-order valence-corrected chi connectivity index (χ0v) is 12.3. The monoisotopic (exact) mass is 289 g/mol. The van der Waals surface area contributed by atoms with E-state index in [0.29, 0.717) is 11.5 Å². The van der Waals surface area contributed by atoms with Crippen LogP contribution in [-0.2, 0) is 6.42 Å². The Balaban J connectivity index is 2.54. The van der Waals surface area contributed by atoms with Gasteiger partial charge in [0.15, 0.2) is 0 Å². The Morgan fingerprint density at radius 1 is 1.40 bits per heavy atom. The zero-order valence-electron chi connectivity index (χ0n) is 9.93. The molecule has 0 aliphatic carbocycles. The lowest BCUT2D eigenvalue weighted by Crippen LogP contribution is -2.31. The molecular formula is C12H20BrNS. The lowest BCUT2D eigenvalue weighted by atomic mass is 9.87. The minimum Gasteiger partial charge on any atom is -0.317 e. The van der Waals surface area contributed by atoms with Crippen LogP contribution in [-0.4, -0.2) is 13.1 Å². The molecular weight excluding hydrogens is 270 g/mol. The summed E-state index contributed by atoms with van der Waals surface area (Å²) in [6, 6.07) is 4.92. The highest BCUT2D eigenvalue weighted by Crippen LogP contribution is 2.26. The Labute approximate surface area is 105 Å². The van der Waals surface area contributed by atoms with Crippen LogP contribution in [0.5, 0.6) is 0 Å². The third kappa shape index (κ3) is 5.14. The molecule has 86 valence electrons. The van der Waals surface area contributed by atoms with Crippen molar-refractivity contribution in [3.63, 3.8) is 0 Å². The maximum Gasteiger partial charge on any atom is 0.0701 e. The molecule has 1 rings (SSSR count). The van der Waals surface area contributed by atoms with Crippen molar-refractivity contribution in [2.24, 2.45) is 5.41 Å². The number of hydrogen-bond donors (Lipinski definition) is 1. The van der Waals surface area contributed by atoms with Crippen molar-refractivity contribution < 1.29 is 0 Å². The van der Waals surface area contributed by atoms with Gasteiger partial charge in [-0.25, -0.2) is 0 Å². The Kier molecular flexibility index (Phi) is 4.81. The third-order valence-corrected chi connectivity index (χ3v) is 3.99.